The Kier molecular flexibility index (Phi) is 7.67. The van der Waals surface area contributed by atoms with Gasteiger partial charge in [-0.15, -0.1) is 0 Å². The highest BCUT2D eigenvalue weighted by atomic mass is 16.3. The maximum absolute atomic E-state index is 12.5. The first-order chi connectivity index (χ1) is 13.8. The predicted molar refractivity (Wildman–Crippen MR) is 104 cm³/mol. The number of hydrogen-bond acceptors (Lipinski definition) is 7. The molecule has 0 saturated carbocycles. The van der Waals surface area contributed by atoms with Crippen LogP contribution in [0.5, 0.6) is 23.0 Å². The Labute approximate surface area is 167 Å². The molecule has 9 nitrogen and oxygen atoms in total. The van der Waals surface area contributed by atoms with E-state index in [1.165, 1.54) is 36.4 Å². The summed E-state index contributed by atoms with van der Waals surface area (Å²) in [6.07, 6.45) is 1.25. The Hall–Kier alpha value is -3.46. The number of nitrogens with one attached hydrogen (secondary N) is 2. The molecule has 0 aliphatic carbocycles. The Balaban J connectivity index is 2.15. The lowest BCUT2D eigenvalue weighted by atomic mass is 10.1. The lowest BCUT2D eigenvalue weighted by Crippen LogP contribution is -2.48. The zero-order valence-corrected chi connectivity index (χ0v) is 15.6. The van der Waals surface area contributed by atoms with E-state index in [1.807, 2.05) is 0 Å². The van der Waals surface area contributed by atoms with Crippen molar-refractivity contribution in [1.29, 1.82) is 0 Å². The maximum Gasteiger partial charge on any atom is 0.256 e. The van der Waals surface area contributed by atoms with Crippen LogP contribution in [0.15, 0.2) is 36.4 Å². The van der Waals surface area contributed by atoms with Crippen LogP contribution in [0, 0.1) is 0 Å². The first-order valence-corrected chi connectivity index (χ1v) is 9.09. The Morgan fingerprint density at radius 1 is 0.759 bits per heavy atom. The number of hydrogen-bond donors (Lipinski definition) is 7. The monoisotopic (exact) mass is 404 g/mol. The number of para-hydroxylation sites is 2. The Morgan fingerprint density at radius 2 is 1.24 bits per heavy atom. The van der Waals surface area contributed by atoms with E-state index in [0.717, 1.165) is 0 Å². The average Bonchev–Trinajstić information content (AvgIpc) is 2.69. The molecule has 0 aromatic heterocycles. The van der Waals surface area contributed by atoms with Gasteiger partial charge in [0.15, 0.2) is 23.0 Å². The van der Waals surface area contributed by atoms with Gasteiger partial charge in [-0.3, -0.25) is 9.59 Å². The summed E-state index contributed by atoms with van der Waals surface area (Å²) in [6.45, 7) is 0.0255. The number of amides is 2. The van der Waals surface area contributed by atoms with Gasteiger partial charge in [-0.1, -0.05) is 18.6 Å². The van der Waals surface area contributed by atoms with E-state index in [1.54, 1.807) is 0 Å². The molecule has 156 valence electrons. The van der Waals surface area contributed by atoms with Crippen LogP contribution in [-0.4, -0.2) is 50.1 Å². The number of phenols is 4. The minimum absolute atomic E-state index is 0.0255. The summed E-state index contributed by atoms with van der Waals surface area (Å²) >= 11 is 0. The molecule has 2 aromatic rings. The fraction of sp³-hybridized carbons (Fsp3) is 0.300. The van der Waals surface area contributed by atoms with Crippen LogP contribution in [0.25, 0.3) is 0 Å². The summed E-state index contributed by atoms with van der Waals surface area (Å²) in [5.41, 5.74) is -0.334. The number of aliphatic hydroxyl groups is 1. The molecule has 0 spiro atoms. The summed E-state index contributed by atoms with van der Waals surface area (Å²) < 4.78 is 0. The zero-order valence-electron chi connectivity index (χ0n) is 15.6. The van der Waals surface area contributed by atoms with Crippen LogP contribution in [0.3, 0.4) is 0 Å². The van der Waals surface area contributed by atoms with Gasteiger partial charge < -0.3 is 36.2 Å². The first-order valence-electron chi connectivity index (χ1n) is 9.09. The van der Waals surface area contributed by atoms with Crippen molar-refractivity contribution >= 4 is 11.8 Å². The molecular weight excluding hydrogens is 380 g/mol. The highest BCUT2D eigenvalue weighted by Crippen LogP contribution is 2.29. The van der Waals surface area contributed by atoms with Gasteiger partial charge in [-0.2, -0.15) is 0 Å². The highest BCUT2D eigenvalue weighted by molar-refractivity contribution is 6.00. The van der Waals surface area contributed by atoms with Crippen molar-refractivity contribution in [2.75, 3.05) is 6.61 Å². The third kappa shape index (κ3) is 5.76. The topological polar surface area (TPSA) is 159 Å². The normalized spacial score (nSPS) is 10.7. The molecule has 2 aromatic carbocycles. The van der Waals surface area contributed by atoms with Gasteiger partial charge >= 0.3 is 0 Å². The SMILES string of the molecule is O=C(NC(CCCCCO)NC(=O)c1cccc(O)c1O)c1cccc(O)c1O. The third-order valence-electron chi connectivity index (χ3n) is 4.28. The number of unbranched alkanes of at least 4 members (excludes halogenated alkanes) is 2. The fourth-order valence-electron chi connectivity index (χ4n) is 2.72. The second kappa shape index (κ2) is 10.2. The molecule has 2 rings (SSSR count). The van der Waals surface area contributed by atoms with E-state index in [-0.39, 0.29) is 17.7 Å². The number of aliphatic hydroxyl groups excluding tert-OH is 1. The van der Waals surface area contributed by atoms with E-state index < -0.39 is 41.0 Å². The van der Waals surface area contributed by atoms with Crippen LogP contribution in [0.1, 0.15) is 46.4 Å². The number of carbonyl (C=O) groups is 2. The molecule has 0 aliphatic heterocycles. The average molecular weight is 404 g/mol. The van der Waals surface area contributed by atoms with Crippen molar-refractivity contribution in [3.8, 4) is 23.0 Å². The van der Waals surface area contributed by atoms with E-state index in [2.05, 4.69) is 10.6 Å². The van der Waals surface area contributed by atoms with E-state index in [0.29, 0.717) is 25.7 Å². The molecule has 7 N–H and O–H groups in total. The van der Waals surface area contributed by atoms with E-state index in [9.17, 15) is 30.0 Å². The minimum Gasteiger partial charge on any atom is -0.504 e. The molecule has 0 radical (unpaired) electrons. The standard InChI is InChI=1S/C20H24N2O7/c23-11-3-1-2-10-16(21-19(28)12-6-4-8-14(24)17(12)26)22-20(29)13-7-5-9-15(25)18(13)27/h4-9,16,23-27H,1-3,10-11H2,(H,21,28)(H,22,29). The smallest absolute Gasteiger partial charge is 0.256 e. The summed E-state index contributed by atoms with van der Waals surface area (Å²) in [5, 5.41) is 52.9. The molecule has 9 heteroatoms. The third-order valence-corrected chi connectivity index (χ3v) is 4.28. The van der Waals surface area contributed by atoms with Gasteiger partial charge in [0.1, 0.15) is 6.17 Å². The van der Waals surface area contributed by atoms with Crippen molar-refractivity contribution in [3.05, 3.63) is 47.5 Å². The van der Waals surface area contributed by atoms with Gasteiger partial charge in [0.05, 0.1) is 11.1 Å². The largest absolute Gasteiger partial charge is 0.504 e. The predicted octanol–water partition coefficient (Wildman–Crippen LogP) is 1.55. The van der Waals surface area contributed by atoms with Crippen LogP contribution >= 0.6 is 0 Å². The fourth-order valence-corrected chi connectivity index (χ4v) is 2.72. The molecular formula is C20H24N2O7. The van der Waals surface area contributed by atoms with Gasteiger partial charge in [-0.25, -0.2) is 0 Å². The number of phenolic OH excluding ortho intramolecular Hbond substituents is 4. The number of carbonyl (C=O) groups excluding carboxylic acids is 2. The van der Waals surface area contributed by atoms with Crippen molar-refractivity contribution in [2.24, 2.45) is 0 Å². The Morgan fingerprint density at radius 3 is 1.69 bits per heavy atom. The second-order valence-corrected chi connectivity index (χ2v) is 6.42. The van der Waals surface area contributed by atoms with Crippen LogP contribution < -0.4 is 10.6 Å². The molecule has 0 heterocycles. The van der Waals surface area contributed by atoms with Gasteiger partial charge in [-0.05, 0) is 43.5 Å². The molecule has 0 aliphatic rings. The van der Waals surface area contributed by atoms with Gasteiger partial charge in [0.25, 0.3) is 11.8 Å². The summed E-state index contributed by atoms with van der Waals surface area (Å²) in [4.78, 5) is 25.0. The molecule has 0 unspecified atom stereocenters. The lowest BCUT2D eigenvalue weighted by molar-refractivity contribution is 0.0875. The molecule has 2 amide bonds. The molecule has 0 atom stereocenters. The van der Waals surface area contributed by atoms with Crippen LogP contribution in [0.4, 0.5) is 0 Å². The Bertz CT molecular complexity index is 804. The van der Waals surface area contributed by atoms with Gasteiger partial charge in [0.2, 0.25) is 0 Å². The summed E-state index contributed by atoms with van der Waals surface area (Å²) in [5.74, 6) is -3.50. The minimum atomic E-state index is -0.864. The quantitative estimate of drug-likeness (QED) is 0.190. The molecule has 29 heavy (non-hydrogen) atoms. The molecule has 0 fully saturated rings. The van der Waals surface area contributed by atoms with Crippen molar-refractivity contribution in [1.82, 2.24) is 10.6 Å². The van der Waals surface area contributed by atoms with Crippen LogP contribution in [-0.2, 0) is 0 Å². The maximum atomic E-state index is 12.5. The molecule has 0 saturated heterocycles. The lowest BCUT2D eigenvalue weighted by Gasteiger charge is -2.21. The van der Waals surface area contributed by atoms with Crippen molar-refractivity contribution in [2.45, 2.75) is 31.8 Å². The summed E-state index contributed by atoms with van der Waals surface area (Å²) in [6, 6.07) is 7.87. The number of rotatable bonds is 9. The first kappa shape index (κ1) is 21.8. The van der Waals surface area contributed by atoms with Gasteiger partial charge in [0, 0.05) is 6.61 Å². The highest BCUT2D eigenvalue weighted by Gasteiger charge is 2.21. The summed E-state index contributed by atoms with van der Waals surface area (Å²) in [7, 11) is 0. The van der Waals surface area contributed by atoms with E-state index >= 15 is 0 Å². The van der Waals surface area contributed by atoms with E-state index in [4.69, 9.17) is 5.11 Å². The number of benzene rings is 2. The van der Waals surface area contributed by atoms with Crippen molar-refractivity contribution in [3.63, 3.8) is 0 Å². The number of aromatic hydroxyl groups is 4. The van der Waals surface area contributed by atoms with Crippen molar-refractivity contribution < 1.29 is 35.1 Å². The second-order valence-electron chi connectivity index (χ2n) is 6.42. The zero-order chi connectivity index (χ0) is 21.4. The molecule has 0 bridgehead atoms. The van der Waals surface area contributed by atoms with Crippen LogP contribution in [0.2, 0.25) is 0 Å².